The molecule has 0 aromatic heterocycles. The van der Waals surface area contributed by atoms with Gasteiger partial charge in [0.25, 0.3) is 11.8 Å². The average molecular weight is 483 g/mol. The average Bonchev–Trinajstić information content (AvgIpc) is 2.66. The predicted molar refractivity (Wildman–Crippen MR) is 117 cm³/mol. The van der Waals surface area contributed by atoms with E-state index in [1.165, 1.54) is 12.1 Å². The van der Waals surface area contributed by atoms with Crippen LogP contribution in [0.3, 0.4) is 0 Å². The van der Waals surface area contributed by atoms with Gasteiger partial charge in [-0.15, -0.1) is 0 Å². The van der Waals surface area contributed by atoms with Gasteiger partial charge in [0, 0.05) is 16.2 Å². The monoisotopic (exact) mass is 482 g/mol. The van der Waals surface area contributed by atoms with Crippen molar-refractivity contribution in [2.24, 2.45) is 0 Å². The molecule has 0 bridgehead atoms. The van der Waals surface area contributed by atoms with Crippen molar-refractivity contribution in [1.82, 2.24) is 0 Å². The van der Waals surface area contributed by atoms with Gasteiger partial charge >= 0.3 is 0 Å². The summed E-state index contributed by atoms with van der Waals surface area (Å²) in [5.41, 5.74) is 0.666. The van der Waals surface area contributed by atoms with E-state index in [9.17, 15) is 14.0 Å². The molecule has 0 spiro atoms. The van der Waals surface area contributed by atoms with Crippen molar-refractivity contribution in [3.63, 3.8) is 0 Å². The molecule has 9 heteroatoms. The minimum Gasteiger partial charge on any atom is -0.490 e. The van der Waals surface area contributed by atoms with Gasteiger partial charge in [-0.25, -0.2) is 4.39 Å². The van der Waals surface area contributed by atoms with Crippen molar-refractivity contribution in [3.8, 4) is 11.5 Å². The first-order chi connectivity index (χ1) is 14.3. The summed E-state index contributed by atoms with van der Waals surface area (Å²) in [6.45, 7) is 4.80. The summed E-state index contributed by atoms with van der Waals surface area (Å²) in [6, 6.07) is 9.54. The zero-order valence-electron chi connectivity index (χ0n) is 17.2. The summed E-state index contributed by atoms with van der Waals surface area (Å²) in [4.78, 5) is 25.1. The SMILES string of the molecule is CCOc1ccc(NC(=O)C[NH+](C)CC(=O)Nc2ccc(Br)cc2F)cc1OCC. The van der Waals surface area contributed by atoms with E-state index in [2.05, 4.69) is 26.6 Å². The van der Waals surface area contributed by atoms with E-state index in [0.717, 1.165) is 0 Å². The van der Waals surface area contributed by atoms with Crippen molar-refractivity contribution in [3.05, 3.63) is 46.7 Å². The number of nitrogens with one attached hydrogen (secondary N) is 3. The smallest absolute Gasteiger partial charge is 0.279 e. The van der Waals surface area contributed by atoms with Crippen LogP contribution in [0, 0.1) is 5.82 Å². The lowest BCUT2D eigenvalue weighted by Gasteiger charge is -2.15. The van der Waals surface area contributed by atoms with Gasteiger partial charge in [-0.1, -0.05) is 15.9 Å². The first-order valence-corrected chi connectivity index (χ1v) is 10.4. The first kappa shape index (κ1) is 23.6. The third-order valence-corrected chi connectivity index (χ3v) is 4.45. The van der Waals surface area contributed by atoms with Gasteiger partial charge < -0.3 is 25.0 Å². The number of anilines is 2. The third kappa shape index (κ3) is 7.31. The van der Waals surface area contributed by atoms with E-state index in [1.54, 1.807) is 31.3 Å². The molecular formula is C21H26BrFN3O4+. The number of carbonyl (C=O) groups excluding carboxylic acids is 2. The van der Waals surface area contributed by atoms with E-state index in [4.69, 9.17) is 9.47 Å². The van der Waals surface area contributed by atoms with E-state index < -0.39 is 5.82 Å². The van der Waals surface area contributed by atoms with E-state index in [1.807, 2.05) is 13.8 Å². The fraction of sp³-hybridized carbons (Fsp3) is 0.333. The van der Waals surface area contributed by atoms with Gasteiger partial charge in [-0.3, -0.25) is 9.59 Å². The Morgan fingerprint density at radius 2 is 1.60 bits per heavy atom. The van der Waals surface area contributed by atoms with Gasteiger partial charge in [0.1, 0.15) is 5.82 Å². The van der Waals surface area contributed by atoms with Crippen LogP contribution in [0.5, 0.6) is 11.5 Å². The largest absolute Gasteiger partial charge is 0.490 e. The molecule has 1 unspecified atom stereocenters. The summed E-state index contributed by atoms with van der Waals surface area (Å²) in [6.07, 6.45) is 0. The lowest BCUT2D eigenvalue weighted by Crippen LogP contribution is -3.11. The molecule has 0 aliphatic carbocycles. The highest BCUT2D eigenvalue weighted by atomic mass is 79.9. The molecule has 0 radical (unpaired) electrons. The molecular weight excluding hydrogens is 457 g/mol. The maximum atomic E-state index is 13.8. The molecule has 30 heavy (non-hydrogen) atoms. The molecule has 2 aromatic rings. The van der Waals surface area contributed by atoms with Gasteiger partial charge in [0.2, 0.25) is 0 Å². The summed E-state index contributed by atoms with van der Waals surface area (Å²) in [7, 11) is 1.71. The minimum absolute atomic E-state index is 0.0103. The highest BCUT2D eigenvalue weighted by Crippen LogP contribution is 2.30. The van der Waals surface area contributed by atoms with Gasteiger partial charge in [0.05, 0.1) is 25.9 Å². The molecule has 0 saturated carbocycles. The van der Waals surface area contributed by atoms with Crippen LogP contribution in [0.15, 0.2) is 40.9 Å². The Labute approximate surface area is 183 Å². The van der Waals surface area contributed by atoms with Crippen LogP contribution in [-0.4, -0.2) is 45.2 Å². The second-order valence-corrected chi connectivity index (χ2v) is 7.47. The molecule has 0 aliphatic heterocycles. The van der Waals surface area contributed by atoms with E-state index in [-0.39, 0.29) is 30.6 Å². The Kier molecular flexibility index (Phi) is 9.07. The van der Waals surface area contributed by atoms with Gasteiger partial charge in [-0.2, -0.15) is 0 Å². The quantitative estimate of drug-likeness (QED) is 0.485. The van der Waals surface area contributed by atoms with Gasteiger partial charge in [-0.05, 0) is 44.2 Å². The Hall–Kier alpha value is -2.65. The normalized spacial score (nSPS) is 11.5. The van der Waals surface area contributed by atoms with E-state index >= 15 is 0 Å². The lowest BCUT2D eigenvalue weighted by molar-refractivity contribution is -0.862. The Morgan fingerprint density at radius 1 is 0.967 bits per heavy atom. The molecule has 1 atom stereocenters. The number of ether oxygens (including phenoxy) is 2. The van der Waals surface area contributed by atoms with Gasteiger partial charge in [0.15, 0.2) is 24.6 Å². The van der Waals surface area contributed by atoms with Crippen LogP contribution in [0.4, 0.5) is 15.8 Å². The number of quaternary nitrogens is 1. The van der Waals surface area contributed by atoms with Crippen LogP contribution in [0.1, 0.15) is 13.8 Å². The highest BCUT2D eigenvalue weighted by molar-refractivity contribution is 9.10. The van der Waals surface area contributed by atoms with Crippen molar-refractivity contribution in [2.45, 2.75) is 13.8 Å². The molecule has 2 rings (SSSR count). The standard InChI is InChI=1S/C21H25BrFN3O4/c1-4-29-18-9-7-15(11-19(18)30-5-2)24-20(27)12-26(3)13-21(28)25-17-8-6-14(22)10-16(17)23/h6-11H,4-5,12-13H2,1-3H3,(H,24,27)(H,25,28)/p+1. The molecule has 0 fully saturated rings. The number of benzene rings is 2. The zero-order chi connectivity index (χ0) is 22.1. The van der Waals surface area contributed by atoms with Crippen LogP contribution in [0.2, 0.25) is 0 Å². The Balaban J connectivity index is 1.89. The number of carbonyl (C=O) groups is 2. The summed E-state index contributed by atoms with van der Waals surface area (Å²) in [5.74, 6) is -0.0256. The van der Waals surface area contributed by atoms with Crippen molar-refractivity contribution in [1.29, 1.82) is 0 Å². The second-order valence-electron chi connectivity index (χ2n) is 6.56. The second kappa shape index (κ2) is 11.5. The van der Waals surface area contributed by atoms with Crippen LogP contribution >= 0.6 is 15.9 Å². The minimum atomic E-state index is -0.534. The molecule has 0 saturated heterocycles. The maximum Gasteiger partial charge on any atom is 0.279 e. The molecule has 2 aromatic carbocycles. The molecule has 0 heterocycles. The Bertz CT molecular complexity index is 895. The molecule has 2 amide bonds. The zero-order valence-corrected chi connectivity index (χ0v) is 18.8. The first-order valence-electron chi connectivity index (χ1n) is 9.58. The van der Waals surface area contributed by atoms with Crippen molar-refractivity contribution < 1.29 is 28.4 Å². The van der Waals surface area contributed by atoms with Crippen LogP contribution < -0.4 is 25.0 Å². The number of likely N-dealkylation sites (N-methyl/N-ethyl adjacent to an activating group) is 1. The number of amides is 2. The fourth-order valence-corrected chi connectivity index (χ4v) is 3.06. The maximum absolute atomic E-state index is 13.8. The van der Waals surface area contributed by atoms with Crippen molar-refractivity contribution >= 4 is 39.1 Å². The summed E-state index contributed by atoms with van der Waals surface area (Å²) in [5, 5.41) is 5.30. The number of hydrogen-bond acceptors (Lipinski definition) is 4. The fourth-order valence-electron chi connectivity index (χ4n) is 2.73. The molecule has 3 N–H and O–H groups in total. The topological polar surface area (TPSA) is 81.1 Å². The predicted octanol–water partition coefficient (Wildman–Crippen LogP) is 2.48. The molecule has 7 nitrogen and oxygen atoms in total. The number of hydrogen-bond donors (Lipinski definition) is 3. The Morgan fingerprint density at radius 3 is 2.23 bits per heavy atom. The summed E-state index contributed by atoms with van der Waals surface area (Å²) >= 11 is 3.17. The lowest BCUT2D eigenvalue weighted by atomic mass is 10.2. The molecule has 0 aliphatic rings. The highest BCUT2D eigenvalue weighted by Gasteiger charge is 2.16. The van der Waals surface area contributed by atoms with Crippen molar-refractivity contribution in [2.75, 3.05) is 44.0 Å². The molecule has 162 valence electrons. The van der Waals surface area contributed by atoms with Crippen LogP contribution in [0.25, 0.3) is 0 Å². The number of halogens is 2. The van der Waals surface area contributed by atoms with E-state index in [0.29, 0.717) is 39.8 Å². The third-order valence-electron chi connectivity index (χ3n) is 3.96. The summed E-state index contributed by atoms with van der Waals surface area (Å²) < 4.78 is 25.5. The number of rotatable bonds is 10. The van der Waals surface area contributed by atoms with Crippen LogP contribution in [-0.2, 0) is 9.59 Å².